The molecule has 0 saturated carbocycles. The SMILES string of the molecule is NCC1(NC(=O)c2cn[nH]c2)CCOCC1. The van der Waals surface area contributed by atoms with Gasteiger partial charge < -0.3 is 15.8 Å². The quantitative estimate of drug-likeness (QED) is 0.654. The van der Waals surface area contributed by atoms with Crippen LogP contribution < -0.4 is 11.1 Å². The largest absolute Gasteiger partial charge is 0.381 e. The molecule has 0 aromatic carbocycles. The van der Waals surface area contributed by atoms with Crippen molar-refractivity contribution in [3.63, 3.8) is 0 Å². The van der Waals surface area contributed by atoms with Crippen molar-refractivity contribution in [2.45, 2.75) is 18.4 Å². The van der Waals surface area contributed by atoms with Crippen molar-refractivity contribution < 1.29 is 9.53 Å². The summed E-state index contributed by atoms with van der Waals surface area (Å²) in [5, 5.41) is 9.34. The maximum atomic E-state index is 11.9. The highest BCUT2D eigenvalue weighted by atomic mass is 16.5. The van der Waals surface area contributed by atoms with E-state index in [4.69, 9.17) is 10.5 Å². The molecule has 0 unspecified atom stereocenters. The Balaban J connectivity index is 2.03. The Morgan fingerprint density at radius 2 is 2.38 bits per heavy atom. The van der Waals surface area contributed by atoms with E-state index in [-0.39, 0.29) is 11.4 Å². The van der Waals surface area contributed by atoms with Crippen LogP contribution in [0.1, 0.15) is 23.2 Å². The molecule has 1 aliphatic rings. The van der Waals surface area contributed by atoms with Crippen LogP contribution in [-0.2, 0) is 4.74 Å². The smallest absolute Gasteiger partial charge is 0.254 e. The highest BCUT2D eigenvalue weighted by molar-refractivity contribution is 5.94. The summed E-state index contributed by atoms with van der Waals surface area (Å²) in [6.45, 7) is 1.71. The number of carbonyl (C=O) groups is 1. The van der Waals surface area contributed by atoms with Crippen LogP contribution in [0.5, 0.6) is 0 Å². The molecule has 0 radical (unpaired) electrons. The number of nitrogens with zero attached hydrogens (tertiary/aromatic N) is 1. The topological polar surface area (TPSA) is 93.0 Å². The fourth-order valence-electron chi connectivity index (χ4n) is 1.83. The highest BCUT2D eigenvalue weighted by Crippen LogP contribution is 2.19. The van der Waals surface area contributed by atoms with Gasteiger partial charge in [0.15, 0.2) is 0 Å². The molecule has 0 atom stereocenters. The Morgan fingerprint density at radius 3 is 2.94 bits per heavy atom. The summed E-state index contributed by atoms with van der Waals surface area (Å²) in [6, 6.07) is 0. The van der Waals surface area contributed by atoms with E-state index < -0.39 is 0 Å². The molecule has 4 N–H and O–H groups in total. The second-order valence-electron chi connectivity index (χ2n) is 4.04. The van der Waals surface area contributed by atoms with Gasteiger partial charge in [-0.2, -0.15) is 5.10 Å². The van der Waals surface area contributed by atoms with E-state index in [0.717, 1.165) is 12.8 Å². The van der Waals surface area contributed by atoms with Gasteiger partial charge in [0, 0.05) is 26.0 Å². The van der Waals surface area contributed by atoms with Crippen molar-refractivity contribution in [3.8, 4) is 0 Å². The molecule has 16 heavy (non-hydrogen) atoms. The summed E-state index contributed by atoms with van der Waals surface area (Å²) >= 11 is 0. The summed E-state index contributed by atoms with van der Waals surface area (Å²) < 4.78 is 5.27. The molecule has 0 spiro atoms. The average molecular weight is 224 g/mol. The number of amides is 1. The zero-order valence-corrected chi connectivity index (χ0v) is 9.03. The van der Waals surface area contributed by atoms with Crippen LogP contribution in [0, 0.1) is 0 Å². The lowest BCUT2D eigenvalue weighted by atomic mass is 9.90. The third kappa shape index (κ3) is 2.23. The van der Waals surface area contributed by atoms with Crippen LogP contribution in [0.2, 0.25) is 0 Å². The van der Waals surface area contributed by atoms with Gasteiger partial charge in [0.2, 0.25) is 0 Å². The summed E-state index contributed by atoms with van der Waals surface area (Å²) in [4.78, 5) is 11.9. The lowest BCUT2D eigenvalue weighted by molar-refractivity contribution is 0.0388. The van der Waals surface area contributed by atoms with Gasteiger partial charge in [0.25, 0.3) is 5.91 Å². The van der Waals surface area contributed by atoms with Gasteiger partial charge in [-0.15, -0.1) is 0 Å². The molecule has 1 aromatic heterocycles. The minimum atomic E-state index is -0.327. The van der Waals surface area contributed by atoms with Gasteiger partial charge in [-0.1, -0.05) is 0 Å². The summed E-state index contributed by atoms with van der Waals surface area (Å²) in [5.41, 5.74) is 5.95. The summed E-state index contributed by atoms with van der Waals surface area (Å²) in [5.74, 6) is -0.138. The van der Waals surface area contributed by atoms with Crippen LogP contribution in [0.15, 0.2) is 12.4 Å². The van der Waals surface area contributed by atoms with E-state index in [1.165, 1.54) is 6.20 Å². The number of rotatable bonds is 3. The Hall–Kier alpha value is -1.40. The van der Waals surface area contributed by atoms with Gasteiger partial charge in [-0.3, -0.25) is 9.89 Å². The number of carbonyl (C=O) groups excluding carboxylic acids is 1. The number of aromatic amines is 1. The molecule has 1 fully saturated rings. The molecule has 0 bridgehead atoms. The first-order valence-corrected chi connectivity index (χ1v) is 5.35. The molecule has 6 nitrogen and oxygen atoms in total. The second-order valence-corrected chi connectivity index (χ2v) is 4.04. The second kappa shape index (κ2) is 4.63. The van der Waals surface area contributed by atoms with Gasteiger partial charge in [0.05, 0.1) is 17.3 Å². The van der Waals surface area contributed by atoms with Crippen molar-refractivity contribution in [3.05, 3.63) is 18.0 Å². The number of nitrogens with one attached hydrogen (secondary N) is 2. The number of hydrogen-bond acceptors (Lipinski definition) is 4. The fraction of sp³-hybridized carbons (Fsp3) is 0.600. The van der Waals surface area contributed by atoms with E-state index in [1.54, 1.807) is 6.20 Å². The first kappa shape index (κ1) is 11.1. The number of nitrogens with two attached hydrogens (primary N) is 1. The van der Waals surface area contributed by atoms with Crippen molar-refractivity contribution in [1.29, 1.82) is 0 Å². The zero-order valence-electron chi connectivity index (χ0n) is 9.03. The third-order valence-electron chi connectivity index (χ3n) is 2.98. The maximum Gasteiger partial charge on any atom is 0.254 e. The molecule has 0 aliphatic carbocycles. The highest BCUT2D eigenvalue weighted by Gasteiger charge is 2.33. The lowest BCUT2D eigenvalue weighted by Gasteiger charge is -2.36. The number of aromatic nitrogens is 2. The van der Waals surface area contributed by atoms with E-state index in [1.807, 2.05) is 0 Å². The third-order valence-corrected chi connectivity index (χ3v) is 2.98. The van der Waals surface area contributed by atoms with Crippen molar-refractivity contribution >= 4 is 5.91 Å². The molecule has 1 aromatic rings. The normalized spacial score (nSPS) is 19.3. The van der Waals surface area contributed by atoms with Gasteiger partial charge >= 0.3 is 0 Å². The van der Waals surface area contributed by atoms with E-state index >= 15 is 0 Å². The van der Waals surface area contributed by atoms with Crippen LogP contribution in [0.4, 0.5) is 0 Å². The Labute approximate surface area is 93.5 Å². The Morgan fingerprint density at radius 1 is 1.62 bits per heavy atom. The summed E-state index contributed by atoms with van der Waals surface area (Å²) in [7, 11) is 0. The Bertz CT molecular complexity index is 344. The molecule has 6 heteroatoms. The molecule has 2 rings (SSSR count). The molecule has 1 saturated heterocycles. The zero-order chi connectivity index (χ0) is 11.4. The first-order chi connectivity index (χ1) is 7.76. The minimum absolute atomic E-state index is 0.138. The number of H-pyrrole nitrogens is 1. The van der Waals surface area contributed by atoms with E-state index in [9.17, 15) is 4.79 Å². The van der Waals surface area contributed by atoms with Crippen LogP contribution in [0.3, 0.4) is 0 Å². The molecule has 1 aliphatic heterocycles. The number of hydrogen-bond donors (Lipinski definition) is 3. The summed E-state index contributed by atoms with van der Waals surface area (Å²) in [6.07, 6.45) is 4.58. The van der Waals surface area contributed by atoms with Gasteiger partial charge in [0.1, 0.15) is 0 Å². The van der Waals surface area contributed by atoms with Crippen molar-refractivity contribution in [1.82, 2.24) is 15.5 Å². The molecule has 2 heterocycles. The van der Waals surface area contributed by atoms with Gasteiger partial charge in [-0.05, 0) is 12.8 Å². The molecular weight excluding hydrogens is 208 g/mol. The molecule has 88 valence electrons. The van der Waals surface area contributed by atoms with Crippen LogP contribution in [-0.4, -0.2) is 41.4 Å². The van der Waals surface area contributed by atoms with Gasteiger partial charge in [-0.25, -0.2) is 0 Å². The Kier molecular flexibility index (Phi) is 3.21. The molecular formula is C10H16N4O2. The lowest BCUT2D eigenvalue weighted by Crippen LogP contribution is -2.56. The average Bonchev–Trinajstić information content (AvgIpc) is 2.84. The fourth-order valence-corrected chi connectivity index (χ4v) is 1.83. The standard InChI is InChI=1S/C10H16N4O2/c11-7-10(1-3-16-4-2-10)14-9(15)8-5-12-13-6-8/h5-6H,1-4,7,11H2,(H,12,13)(H,14,15). The minimum Gasteiger partial charge on any atom is -0.381 e. The number of ether oxygens (including phenoxy) is 1. The van der Waals surface area contributed by atoms with E-state index in [2.05, 4.69) is 15.5 Å². The van der Waals surface area contributed by atoms with Crippen LogP contribution >= 0.6 is 0 Å². The predicted molar refractivity (Wildman–Crippen MR) is 57.9 cm³/mol. The van der Waals surface area contributed by atoms with Crippen molar-refractivity contribution in [2.24, 2.45) is 5.73 Å². The molecule has 1 amide bonds. The maximum absolute atomic E-state index is 11.9. The van der Waals surface area contributed by atoms with Crippen molar-refractivity contribution in [2.75, 3.05) is 19.8 Å². The van der Waals surface area contributed by atoms with Crippen LogP contribution in [0.25, 0.3) is 0 Å². The van der Waals surface area contributed by atoms with E-state index in [0.29, 0.717) is 25.3 Å². The first-order valence-electron chi connectivity index (χ1n) is 5.35. The predicted octanol–water partition coefficient (Wildman–Crippen LogP) is -0.353. The monoisotopic (exact) mass is 224 g/mol.